The molecule has 0 saturated carbocycles. The first kappa shape index (κ1) is 15.7. The summed E-state index contributed by atoms with van der Waals surface area (Å²) >= 11 is 1.17. The number of hydrogen-bond acceptors (Lipinski definition) is 7. The number of nitro benzene ring substituents is 1. The van der Waals surface area contributed by atoms with Crippen molar-refractivity contribution in [1.29, 1.82) is 0 Å². The summed E-state index contributed by atoms with van der Waals surface area (Å²) < 4.78 is 0. The Kier molecular flexibility index (Phi) is 3.81. The molecule has 0 atom stereocenters. The molecule has 2 aromatic rings. The van der Waals surface area contributed by atoms with Crippen molar-refractivity contribution in [2.75, 3.05) is 5.32 Å². The van der Waals surface area contributed by atoms with Crippen LogP contribution in [-0.2, 0) is 11.3 Å². The highest BCUT2D eigenvalue weighted by Crippen LogP contribution is 2.28. The maximum absolute atomic E-state index is 12.4. The summed E-state index contributed by atoms with van der Waals surface area (Å²) in [6.07, 6.45) is 0. The Labute approximate surface area is 139 Å². The van der Waals surface area contributed by atoms with Gasteiger partial charge in [0.05, 0.1) is 28.3 Å². The zero-order chi connectivity index (χ0) is 17.4. The number of hydrogen-bond donors (Lipinski definition) is 1. The molecule has 0 fully saturated rings. The Hall–Kier alpha value is -3.14. The van der Waals surface area contributed by atoms with Gasteiger partial charge in [-0.15, -0.1) is 11.3 Å². The summed E-state index contributed by atoms with van der Waals surface area (Å²) in [4.78, 5) is 50.9. The molecule has 3 amide bonds. The smallest absolute Gasteiger partial charge is 0.270 e. The van der Waals surface area contributed by atoms with E-state index in [1.165, 1.54) is 30.4 Å². The molecule has 1 aliphatic heterocycles. The lowest BCUT2D eigenvalue weighted by molar-refractivity contribution is -0.384. The van der Waals surface area contributed by atoms with Gasteiger partial charge in [0.1, 0.15) is 0 Å². The summed E-state index contributed by atoms with van der Waals surface area (Å²) in [5.74, 6) is -1.41. The second kappa shape index (κ2) is 5.81. The van der Waals surface area contributed by atoms with Gasteiger partial charge in [0.15, 0.2) is 5.13 Å². The molecule has 0 aliphatic carbocycles. The van der Waals surface area contributed by atoms with Gasteiger partial charge in [-0.25, -0.2) is 4.98 Å². The van der Waals surface area contributed by atoms with Crippen LogP contribution in [0.25, 0.3) is 0 Å². The fourth-order valence-electron chi connectivity index (χ4n) is 2.29. The molecule has 0 unspecified atom stereocenters. The molecule has 0 saturated heterocycles. The second-order valence-corrected chi connectivity index (χ2v) is 5.87. The highest BCUT2D eigenvalue weighted by atomic mass is 32.1. The largest absolute Gasteiger partial charge is 0.302 e. The topological polar surface area (TPSA) is 123 Å². The van der Waals surface area contributed by atoms with Crippen LogP contribution in [0.3, 0.4) is 0 Å². The Morgan fingerprint density at radius 2 is 2.04 bits per heavy atom. The van der Waals surface area contributed by atoms with Gasteiger partial charge in [-0.1, -0.05) is 0 Å². The first-order valence-electron chi connectivity index (χ1n) is 6.73. The molecule has 1 aromatic carbocycles. The van der Waals surface area contributed by atoms with Gasteiger partial charge in [0.25, 0.3) is 17.5 Å². The average Bonchev–Trinajstić information content (AvgIpc) is 3.05. The van der Waals surface area contributed by atoms with Crippen LogP contribution in [0.5, 0.6) is 0 Å². The van der Waals surface area contributed by atoms with Crippen molar-refractivity contribution in [1.82, 2.24) is 9.88 Å². The third kappa shape index (κ3) is 2.74. The molecule has 24 heavy (non-hydrogen) atoms. The number of imide groups is 1. The van der Waals surface area contributed by atoms with Gasteiger partial charge in [-0.2, -0.15) is 0 Å². The van der Waals surface area contributed by atoms with Crippen LogP contribution in [0, 0.1) is 10.1 Å². The number of benzene rings is 1. The fraction of sp³-hybridized carbons (Fsp3) is 0.143. The highest BCUT2D eigenvalue weighted by Gasteiger charge is 2.37. The molecule has 0 spiro atoms. The van der Waals surface area contributed by atoms with E-state index in [1.807, 2.05) is 0 Å². The van der Waals surface area contributed by atoms with Gasteiger partial charge < -0.3 is 5.32 Å². The van der Waals surface area contributed by atoms with Crippen LogP contribution in [-0.4, -0.2) is 32.5 Å². The molecular weight excluding hydrogens is 336 g/mol. The summed E-state index contributed by atoms with van der Waals surface area (Å²) in [6.45, 7) is 1.27. The number of carbonyl (C=O) groups is 3. The lowest BCUT2D eigenvalue weighted by Crippen LogP contribution is -2.29. The number of nitro groups is 1. The van der Waals surface area contributed by atoms with Crippen molar-refractivity contribution >= 4 is 39.9 Å². The van der Waals surface area contributed by atoms with Crippen LogP contribution in [0.4, 0.5) is 10.8 Å². The molecule has 1 aromatic heterocycles. The normalized spacial score (nSPS) is 13.1. The number of rotatable bonds is 4. The maximum atomic E-state index is 12.4. The van der Waals surface area contributed by atoms with E-state index in [9.17, 15) is 24.5 Å². The molecule has 2 heterocycles. The van der Waals surface area contributed by atoms with E-state index >= 15 is 0 Å². The molecular formula is C14H10N4O5S. The summed E-state index contributed by atoms with van der Waals surface area (Å²) in [5.41, 5.74) is 0.320. The third-order valence-corrected chi connectivity index (χ3v) is 4.13. The van der Waals surface area contributed by atoms with E-state index in [1.54, 1.807) is 5.38 Å². The standard InChI is InChI=1S/C14H10N4O5S/c1-7(19)15-14-16-8(6-24-14)5-17-12(20)10-3-2-9(18(22)23)4-11(10)13(17)21/h2-4,6H,5H2,1H3,(H,15,16,19). The van der Waals surface area contributed by atoms with Crippen molar-refractivity contribution < 1.29 is 19.3 Å². The highest BCUT2D eigenvalue weighted by molar-refractivity contribution is 7.13. The minimum Gasteiger partial charge on any atom is -0.302 e. The molecule has 9 nitrogen and oxygen atoms in total. The molecule has 0 bridgehead atoms. The van der Waals surface area contributed by atoms with Gasteiger partial charge in [-0.05, 0) is 6.07 Å². The number of nitrogens with zero attached hydrogens (tertiary/aromatic N) is 3. The monoisotopic (exact) mass is 346 g/mol. The van der Waals surface area contributed by atoms with Gasteiger partial charge >= 0.3 is 0 Å². The van der Waals surface area contributed by atoms with Crippen molar-refractivity contribution in [3.8, 4) is 0 Å². The maximum Gasteiger partial charge on any atom is 0.270 e. The van der Waals surface area contributed by atoms with E-state index in [2.05, 4.69) is 10.3 Å². The molecule has 1 aliphatic rings. The van der Waals surface area contributed by atoms with Crippen molar-refractivity contribution in [3.63, 3.8) is 0 Å². The molecule has 1 N–H and O–H groups in total. The lowest BCUT2D eigenvalue weighted by atomic mass is 10.1. The van der Waals surface area contributed by atoms with Gasteiger partial charge in [0, 0.05) is 24.4 Å². The number of aromatic nitrogens is 1. The number of fused-ring (bicyclic) bond motifs is 1. The molecule has 0 radical (unpaired) electrons. The first-order chi connectivity index (χ1) is 11.4. The van der Waals surface area contributed by atoms with Crippen LogP contribution in [0.2, 0.25) is 0 Å². The Bertz CT molecular complexity index is 891. The lowest BCUT2D eigenvalue weighted by Gasteiger charge is -2.11. The van der Waals surface area contributed by atoms with Crippen LogP contribution < -0.4 is 5.32 Å². The van der Waals surface area contributed by atoms with Crippen LogP contribution >= 0.6 is 11.3 Å². The average molecular weight is 346 g/mol. The fourth-order valence-corrected chi connectivity index (χ4v) is 3.03. The predicted molar refractivity (Wildman–Crippen MR) is 83.7 cm³/mol. The number of carbonyl (C=O) groups excluding carboxylic acids is 3. The number of nitrogens with one attached hydrogen (secondary N) is 1. The van der Waals surface area contributed by atoms with Crippen molar-refractivity contribution in [3.05, 3.63) is 50.5 Å². The Balaban J connectivity index is 1.84. The molecule has 10 heteroatoms. The zero-order valence-electron chi connectivity index (χ0n) is 12.3. The predicted octanol–water partition coefficient (Wildman–Crippen LogP) is 1.81. The second-order valence-electron chi connectivity index (χ2n) is 5.01. The van der Waals surface area contributed by atoms with Crippen molar-refractivity contribution in [2.24, 2.45) is 0 Å². The number of thiazole rings is 1. The number of amides is 3. The van der Waals surface area contributed by atoms with E-state index < -0.39 is 16.7 Å². The molecule has 122 valence electrons. The Morgan fingerprint density at radius 1 is 1.33 bits per heavy atom. The quantitative estimate of drug-likeness (QED) is 0.512. The van der Waals surface area contributed by atoms with E-state index in [4.69, 9.17) is 0 Å². The first-order valence-corrected chi connectivity index (χ1v) is 7.61. The SMILES string of the molecule is CC(=O)Nc1nc(CN2C(=O)c3ccc([N+](=O)[O-])cc3C2=O)cs1. The number of non-ortho nitro benzene ring substituents is 1. The van der Waals surface area contributed by atoms with Crippen LogP contribution in [0.1, 0.15) is 33.3 Å². The summed E-state index contributed by atoms with van der Waals surface area (Å²) in [7, 11) is 0. The molecule has 3 rings (SSSR count). The van der Waals surface area contributed by atoms with Crippen LogP contribution in [0.15, 0.2) is 23.6 Å². The van der Waals surface area contributed by atoms with E-state index in [0.717, 1.165) is 11.0 Å². The van der Waals surface area contributed by atoms with E-state index in [-0.39, 0.29) is 29.3 Å². The Morgan fingerprint density at radius 3 is 2.71 bits per heavy atom. The minimum atomic E-state index is -0.624. The zero-order valence-corrected chi connectivity index (χ0v) is 13.1. The minimum absolute atomic E-state index is 0.00603. The van der Waals surface area contributed by atoms with Gasteiger partial charge in [0.2, 0.25) is 5.91 Å². The number of anilines is 1. The third-order valence-electron chi connectivity index (χ3n) is 3.32. The summed E-state index contributed by atoms with van der Waals surface area (Å²) in [6, 6.07) is 3.56. The van der Waals surface area contributed by atoms with E-state index in [0.29, 0.717) is 10.8 Å². The van der Waals surface area contributed by atoms with Gasteiger partial charge in [-0.3, -0.25) is 29.4 Å². The van der Waals surface area contributed by atoms with Crippen molar-refractivity contribution in [2.45, 2.75) is 13.5 Å². The summed E-state index contributed by atoms with van der Waals surface area (Å²) in [5, 5.41) is 15.3.